The predicted octanol–water partition coefficient (Wildman–Crippen LogP) is 4.24. The van der Waals surface area contributed by atoms with Crippen molar-refractivity contribution in [2.75, 3.05) is 26.6 Å². The minimum Gasteiger partial charge on any atom is -0.493 e. The summed E-state index contributed by atoms with van der Waals surface area (Å²) in [6, 6.07) is 7.50. The number of pyridine rings is 3. The molecule has 1 aromatic carbocycles. The topological polar surface area (TPSA) is 131 Å². The van der Waals surface area contributed by atoms with E-state index in [-0.39, 0.29) is 6.04 Å². The first-order valence-corrected chi connectivity index (χ1v) is 12.3. The lowest BCUT2D eigenvalue weighted by molar-refractivity contribution is 0.281. The van der Waals surface area contributed by atoms with Gasteiger partial charge in [0.05, 0.1) is 36.6 Å². The molecular weight excluding hydrogens is 476 g/mol. The molecule has 5 aromatic rings. The van der Waals surface area contributed by atoms with E-state index in [4.69, 9.17) is 25.7 Å². The van der Waals surface area contributed by atoms with Crippen molar-refractivity contribution < 1.29 is 14.2 Å². The molecule has 1 atom stereocenters. The van der Waals surface area contributed by atoms with E-state index in [9.17, 15) is 0 Å². The molecule has 4 aromatic heterocycles. The van der Waals surface area contributed by atoms with Crippen molar-refractivity contribution in [3.63, 3.8) is 0 Å². The average molecular weight is 503 g/mol. The molecule has 0 saturated heterocycles. The molecule has 36 heavy (non-hydrogen) atoms. The minimum absolute atomic E-state index is 0.113. The Labute approximate surface area is 212 Å². The molecule has 0 aliphatic carbocycles. The van der Waals surface area contributed by atoms with Gasteiger partial charge in [0.2, 0.25) is 0 Å². The van der Waals surface area contributed by atoms with Gasteiger partial charge in [-0.15, -0.1) is 11.3 Å². The molecular formula is C26H26N6O3S. The molecule has 4 heterocycles. The Hall–Kier alpha value is -4.02. The van der Waals surface area contributed by atoms with Crippen molar-refractivity contribution in [3.05, 3.63) is 59.4 Å². The molecule has 0 saturated carbocycles. The van der Waals surface area contributed by atoms with Crippen molar-refractivity contribution in [3.8, 4) is 28.5 Å². The third-order valence-corrected chi connectivity index (χ3v) is 6.74. The normalized spacial score (nSPS) is 12.1. The first-order chi connectivity index (χ1) is 17.6. The third-order valence-electron chi connectivity index (χ3n) is 5.90. The van der Waals surface area contributed by atoms with Crippen molar-refractivity contribution in [1.82, 2.24) is 19.9 Å². The molecule has 0 bridgehead atoms. The number of anilines is 1. The van der Waals surface area contributed by atoms with E-state index >= 15 is 0 Å². The highest BCUT2D eigenvalue weighted by Crippen LogP contribution is 2.37. The van der Waals surface area contributed by atoms with Crippen LogP contribution in [-0.2, 0) is 6.42 Å². The molecule has 0 fully saturated rings. The van der Waals surface area contributed by atoms with Crippen LogP contribution in [0.15, 0.2) is 54.4 Å². The highest BCUT2D eigenvalue weighted by molar-refractivity contribution is 7.09. The zero-order valence-electron chi connectivity index (χ0n) is 20.0. The number of nitrogens with two attached hydrogens (primary N) is 2. The fourth-order valence-corrected chi connectivity index (χ4v) is 4.65. The number of aryl methyl sites for hydroxylation is 1. The summed E-state index contributed by atoms with van der Waals surface area (Å²) < 4.78 is 16.9. The first kappa shape index (κ1) is 23.7. The van der Waals surface area contributed by atoms with E-state index in [0.717, 1.165) is 45.1 Å². The number of thiazole rings is 1. The van der Waals surface area contributed by atoms with E-state index in [1.165, 1.54) is 0 Å². The number of nitrogens with zero attached hydrogens (tertiary/aromatic N) is 4. The fraction of sp³-hybridized carbons (Fsp3) is 0.231. The maximum Gasteiger partial charge on any atom is 0.162 e. The average Bonchev–Trinajstić information content (AvgIpc) is 3.43. The number of hydrogen-bond donors (Lipinski definition) is 2. The van der Waals surface area contributed by atoms with Crippen molar-refractivity contribution in [2.24, 2.45) is 5.73 Å². The van der Waals surface area contributed by atoms with Crippen molar-refractivity contribution in [2.45, 2.75) is 18.9 Å². The Bertz CT molecular complexity index is 1510. The lowest BCUT2D eigenvalue weighted by atomic mass is 10.0. The lowest BCUT2D eigenvalue weighted by Gasteiger charge is -2.14. The van der Waals surface area contributed by atoms with Crippen LogP contribution in [0, 0.1) is 0 Å². The summed E-state index contributed by atoms with van der Waals surface area (Å²) in [6.45, 7) is 0.377. The predicted molar refractivity (Wildman–Crippen MR) is 142 cm³/mol. The number of nitrogen functional groups attached to an aromatic ring is 1. The maximum absolute atomic E-state index is 6.34. The number of hydrogen-bond acceptors (Lipinski definition) is 10. The van der Waals surface area contributed by atoms with E-state index < -0.39 is 0 Å². The number of ether oxygens (including phenoxy) is 3. The van der Waals surface area contributed by atoms with Gasteiger partial charge in [-0.2, -0.15) is 0 Å². The summed E-state index contributed by atoms with van der Waals surface area (Å²) >= 11 is 1.63. The summed E-state index contributed by atoms with van der Waals surface area (Å²) in [5, 5.41) is 5.58. The lowest BCUT2D eigenvalue weighted by Crippen LogP contribution is -2.28. The third kappa shape index (κ3) is 4.86. The zero-order valence-corrected chi connectivity index (χ0v) is 20.8. The van der Waals surface area contributed by atoms with Crippen molar-refractivity contribution >= 4 is 38.8 Å². The Morgan fingerprint density at radius 3 is 2.56 bits per heavy atom. The molecule has 0 radical (unpaired) electrons. The van der Waals surface area contributed by atoms with Gasteiger partial charge in [0.1, 0.15) is 18.2 Å². The van der Waals surface area contributed by atoms with Gasteiger partial charge in [0.15, 0.2) is 11.5 Å². The van der Waals surface area contributed by atoms with Gasteiger partial charge in [-0.3, -0.25) is 9.97 Å². The van der Waals surface area contributed by atoms with Crippen LogP contribution in [0.3, 0.4) is 0 Å². The van der Waals surface area contributed by atoms with Crippen molar-refractivity contribution in [1.29, 1.82) is 0 Å². The number of aromatic nitrogens is 4. The van der Waals surface area contributed by atoms with Gasteiger partial charge >= 0.3 is 0 Å². The maximum atomic E-state index is 6.34. The highest BCUT2D eigenvalue weighted by Gasteiger charge is 2.14. The number of rotatable bonds is 9. The van der Waals surface area contributed by atoms with Crippen LogP contribution in [0.25, 0.3) is 32.9 Å². The number of methoxy groups -OCH3 is 2. The summed E-state index contributed by atoms with van der Waals surface area (Å²) in [5.41, 5.74) is 14.8. The van der Waals surface area contributed by atoms with Crippen LogP contribution in [0.2, 0.25) is 0 Å². The molecule has 10 heteroatoms. The molecule has 4 N–H and O–H groups in total. The van der Waals surface area contributed by atoms with Gasteiger partial charge < -0.3 is 25.7 Å². The van der Waals surface area contributed by atoms with Crippen LogP contribution >= 0.6 is 11.3 Å². The van der Waals surface area contributed by atoms with Gasteiger partial charge in [-0.25, -0.2) is 9.97 Å². The van der Waals surface area contributed by atoms with E-state index in [1.54, 1.807) is 50.3 Å². The molecule has 184 valence electrons. The Morgan fingerprint density at radius 1 is 0.944 bits per heavy atom. The molecule has 0 amide bonds. The Kier molecular flexibility index (Phi) is 6.79. The van der Waals surface area contributed by atoms with Gasteiger partial charge in [0.25, 0.3) is 0 Å². The summed E-state index contributed by atoms with van der Waals surface area (Å²) in [6.07, 6.45) is 8.55. The number of benzene rings is 1. The molecule has 9 nitrogen and oxygen atoms in total. The molecule has 0 aliphatic heterocycles. The molecule has 0 unspecified atom stereocenters. The molecule has 0 spiro atoms. The second kappa shape index (κ2) is 10.3. The monoisotopic (exact) mass is 502 g/mol. The number of fused-ring (bicyclic) bond motifs is 3. The fourth-order valence-electron chi connectivity index (χ4n) is 4.02. The summed E-state index contributed by atoms with van der Waals surface area (Å²) in [7, 11) is 3.20. The van der Waals surface area contributed by atoms with Gasteiger partial charge in [0, 0.05) is 58.8 Å². The second-order valence-corrected chi connectivity index (χ2v) is 9.26. The minimum atomic E-state index is -0.113. The zero-order chi connectivity index (χ0) is 25.1. The van der Waals surface area contributed by atoms with Crippen LogP contribution in [0.1, 0.15) is 11.4 Å². The Morgan fingerprint density at radius 2 is 1.78 bits per heavy atom. The Balaban J connectivity index is 1.42. The second-order valence-electron chi connectivity index (χ2n) is 8.28. The van der Waals surface area contributed by atoms with Crippen LogP contribution in [0.4, 0.5) is 5.82 Å². The van der Waals surface area contributed by atoms with E-state index in [0.29, 0.717) is 35.4 Å². The quantitative estimate of drug-likeness (QED) is 0.284. The first-order valence-electron chi connectivity index (χ1n) is 11.4. The van der Waals surface area contributed by atoms with Gasteiger partial charge in [-0.05, 0) is 30.0 Å². The van der Waals surface area contributed by atoms with Crippen LogP contribution in [-0.4, -0.2) is 46.8 Å². The summed E-state index contributed by atoms with van der Waals surface area (Å²) in [5.74, 6) is 2.21. The highest BCUT2D eigenvalue weighted by atomic mass is 32.1. The van der Waals surface area contributed by atoms with E-state index in [1.807, 2.05) is 29.6 Å². The largest absolute Gasteiger partial charge is 0.493 e. The SMILES string of the molecule is COc1cc2ncc3c(N)nc(-c4cncc(OC[C@@H](N)CCc5nccs5)c4)cc3c2cc1OC. The van der Waals surface area contributed by atoms with Gasteiger partial charge in [-0.1, -0.05) is 0 Å². The standard InChI is InChI=1S/C26H26N6O3S/c1-33-23-9-19-18-8-21(32-26(28)20(18)13-31-22(19)10-24(23)34-2)15-7-17(12-29-11-15)35-14-16(27)3-4-25-30-5-6-36-25/h5-13,16H,3-4,14,27H2,1-2H3,(H2,28,32)/t16-/m0/s1. The van der Waals surface area contributed by atoms with Crippen LogP contribution < -0.4 is 25.7 Å². The smallest absolute Gasteiger partial charge is 0.162 e. The van der Waals surface area contributed by atoms with E-state index in [2.05, 4.69) is 19.9 Å². The molecule has 0 aliphatic rings. The van der Waals surface area contributed by atoms with Crippen LogP contribution in [0.5, 0.6) is 17.2 Å². The molecule has 5 rings (SSSR count). The summed E-state index contributed by atoms with van der Waals surface area (Å²) in [4.78, 5) is 17.8.